The Balaban J connectivity index is 1.91. The number of halogens is 2. The van der Waals surface area contributed by atoms with Crippen LogP contribution in [0.4, 0.5) is 8.78 Å². The van der Waals surface area contributed by atoms with E-state index >= 15 is 0 Å². The summed E-state index contributed by atoms with van der Waals surface area (Å²) in [6.45, 7) is 2.33. The molecule has 0 atom stereocenters. The highest BCUT2D eigenvalue weighted by Gasteiger charge is 2.19. The smallest absolute Gasteiger partial charge is 0.254 e. The predicted molar refractivity (Wildman–Crippen MR) is 68.1 cm³/mol. The van der Waals surface area contributed by atoms with Crippen molar-refractivity contribution in [1.29, 1.82) is 0 Å². The van der Waals surface area contributed by atoms with Crippen LogP contribution in [0.3, 0.4) is 0 Å². The molecule has 2 amide bonds. The number of hydrogen-bond acceptors (Lipinski definition) is 3. The van der Waals surface area contributed by atoms with Gasteiger partial charge in [-0.2, -0.15) is 0 Å². The third-order valence-electron chi connectivity index (χ3n) is 3.07. The van der Waals surface area contributed by atoms with Crippen LogP contribution in [0.25, 0.3) is 0 Å². The van der Waals surface area contributed by atoms with E-state index in [4.69, 9.17) is 0 Å². The van der Waals surface area contributed by atoms with Gasteiger partial charge in [-0.3, -0.25) is 9.59 Å². The Bertz CT molecular complexity index is 516. The minimum Gasteiger partial charge on any atom is -0.343 e. The van der Waals surface area contributed by atoms with Crippen molar-refractivity contribution < 1.29 is 18.4 Å². The summed E-state index contributed by atoms with van der Waals surface area (Å²) < 4.78 is 26.4. The van der Waals surface area contributed by atoms with Gasteiger partial charge in [0, 0.05) is 26.2 Å². The molecular formula is C13H15F2N3O2. The van der Waals surface area contributed by atoms with Crippen LogP contribution in [0.1, 0.15) is 10.4 Å². The molecule has 5 nitrogen and oxygen atoms in total. The average molecular weight is 283 g/mol. The summed E-state index contributed by atoms with van der Waals surface area (Å²) in [5.74, 6) is -3.34. The largest absolute Gasteiger partial charge is 0.343 e. The molecule has 1 aromatic rings. The maximum absolute atomic E-state index is 13.4. The van der Waals surface area contributed by atoms with Crippen molar-refractivity contribution >= 4 is 11.8 Å². The Kier molecular flexibility index (Phi) is 4.62. The molecule has 2 N–H and O–H groups in total. The number of amides is 2. The molecule has 1 heterocycles. The second-order valence-electron chi connectivity index (χ2n) is 4.41. The van der Waals surface area contributed by atoms with Crippen LogP contribution in [0.15, 0.2) is 18.2 Å². The zero-order chi connectivity index (χ0) is 14.5. The molecule has 0 bridgehead atoms. The van der Waals surface area contributed by atoms with Gasteiger partial charge >= 0.3 is 0 Å². The van der Waals surface area contributed by atoms with Crippen LogP contribution in [0.2, 0.25) is 0 Å². The van der Waals surface area contributed by atoms with Gasteiger partial charge in [0.1, 0.15) is 0 Å². The number of benzene rings is 1. The molecule has 1 aliphatic heterocycles. The summed E-state index contributed by atoms with van der Waals surface area (Å²) in [4.78, 5) is 25.1. The van der Waals surface area contributed by atoms with Crippen molar-refractivity contribution in [2.24, 2.45) is 0 Å². The first-order chi connectivity index (χ1) is 9.59. The topological polar surface area (TPSA) is 61.4 Å². The van der Waals surface area contributed by atoms with Gasteiger partial charge in [0.05, 0.1) is 12.1 Å². The Morgan fingerprint density at radius 1 is 1.25 bits per heavy atom. The van der Waals surface area contributed by atoms with E-state index in [1.165, 1.54) is 12.1 Å². The summed E-state index contributed by atoms with van der Waals surface area (Å²) in [5.41, 5.74) is -0.405. The molecule has 108 valence electrons. The highest BCUT2D eigenvalue weighted by atomic mass is 19.2. The van der Waals surface area contributed by atoms with Crippen molar-refractivity contribution in [2.45, 2.75) is 0 Å². The lowest BCUT2D eigenvalue weighted by atomic mass is 10.2. The lowest BCUT2D eigenvalue weighted by Crippen LogP contribution is -2.49. The summed E-state index contributed by atoms with van der Waals surface area (Å²) in [7, 11) is 0. The van der Waals surface area contributed by atoms with Crippen LogP contribution in [0.5, 0.6) is 0 Å². The fourth-order valence-corrected chi connectivity index (χ4v) is 1.96. The monoisotopic (exact) mass is 283 g/mol. The molecule has 0 aromatic heterocycles. The third-order valence-corrected chi connectivity index (χ3v) is 3.07. The molecule has 0 spiro atoms. The van der Waals surface area contributed by atoms with Gasteiger partial charge in [-0.05, 0) is 12.1 Å². The van der Waals surface area contributed by atoms with E-state index in [1.807, 2.05) is 0 Å². The maximum Gasteiger partial charge on any atom is 0.254 e. The van der Waals surface area contributed by atoms with Crippen LogP contribution in [-0.2, 0) is 4.79 Å². The number of hydrogen-bond donors (Lipinski definition) is 2. The Hall–Kier alpha value is -2.02. The minimum absolute atomic E-state index is 0.227. The molecule has 2 rings (SSSR count). The first kappa shape index (κ1) is 14.4. The molecule has 1 aliphatic rings. The summed E-state index contributed by atoms with van der Waals surface area (Å²) in [6.07, 6.45) is 0. The molecule has 1 fully saturated rings. The molecule has 1 aromatic carbocycles. The molecule has 0 radical (unpaired) electrons. The quantitative estimate of drug-likeness (QED) is 0.828. The van der Waals surface area contributed by atoms with Crippen LogP contribution < -0.4 is 10.6 Å². The van der Waals surface area contributed by atoms with Gasteiger partial charge in [-0.25, -0.2) is 8.78 Å². The number of carbonyl (C=O) groups is 2. The molecule has 0 unspecified atom stereocenters. The van der Waals surface area contributed by atoms with E-state index in [0.717, 1.165) is 6.07 Å². The highest BCUT2D eigenvalue weighted by Crippen LogP contribution is 2.10. The lowest BCUT2D eigenvalue weighted by molar-refractivity contribution is -0.130. The number of nitrogens with zero attached hydrogens (tertiary/aromatic N) is 1. The molecule has 20 heavy (non-hydrogen) atoms. The van der Waals surface area contributed by atoms with Crippen molar-refractivity contribution in [2.75, 3.05) is 32.7 Å². The summed E-state index contributed by atoms with van der Waals surface area (Å²) in [6, 6.07) is 3.34. The zero-order valence-electron chi connectivity index (χ0n) is 10.8. The van der Waals surface area contributed by atoms with Gasteiger partial charge in [-0.15, -0.1) is 0 Å². The fraction of sp³-hybridized carbons (Fsp3) is 0.385. The van der Waals surface area contributed by atoms with Crippen molar-refractivity contribution in [3.05, 3.63) is 35.4 Å². The second-order valence-corrected chi connectivity index (χ2v) is 4.41. The summed E-state index contributed by atoms with van der Waals surface area (Å²) in [5, 5.41) is 5.41. The number of nitrogens with one attached hydrogen (secondary N) is 2. The van der Waals surface area contributed by atoms with Gasteiger partial charge in [0.15, 0.2) is 11.6 Å². The first-order valence-corrected chi connectivity index (χ1v) is 6.30. The lowest BCUT2D eigenvalue weighted by Gasteiger charge is -2.27. The standard InChI is InChI=1S/C13H15F2N3O2/c14-10-3-1-2-9(12(10)15)13(20)17-8-11(19)18-6-4-16-5-7-18/h1-3,16H,4-8H2,(H,17,20). The molecule has 1 saturated heterocycles. The normalized spacial score (nSPS) is 15.0. The van der Waals surface area contributed by atoms with E-state index in [1.54, 1.807) is 4.90 Å². The third kappa shape index (κ3) is 3.30. The molecule has 7 heteroatoms. The van der Waals surface area contributed by atoms with Crippen molar-refractivity contribution in [3.8, 4) is 0 Å². The highest BCUT2D eigenvalue weighted by molar-refractivity contribution is 5.96. The predicted octanol–water partition coefficient (Wildman–Crippen LogP) is 0.126. The Morgan fingerprint density at radius 3 is 2.65 bits per heavy atom. The molecule has 0 saturated carbocycles. The zero-order valence-corrected chi connectivity index (χ0v) is 10.8. The average Bonchev–Trinajstić information content (AvgIpc) is 2.48. The molecule has 0 aliphatic carbocycles. The Labute approximate surface area is 114 Å². The number of rotatable bonds is 3. The van der Waals surface area contributed by atoms with Gasteiger partial charge in [0.2, 0.25) is 5.91 Å². The summed E-state index contributed by atoms with van der Waals surface area (Å²) >= 11 is 0. The van der Waals surface area contributed by atoms with E-state index < -0.39 is 23.1 Å². The van der Waals surface area contributed by atoms with Gasteiger partial charge < -0.3 is 15.5 Å². The van der Waals surface area contributed by atoms with Crippen molar-refractivity contribution in [3.63, 3.8) is 0 Å². The van der Waals surface area contributed by atoms with Crippen LogP contribution in [-0.4, -0.2) is 49.4 Å². The number of carbonyl (C=O) groups excluding carboxylic acids is 2. The van der Waals surface area contributed by atoms with Crippen LogP contribution >= 0.6 is 0 Å². The second kappa shape index (κ2) is 6.42. The number of piperazine rings is 1. The minimum atomic E-state index is -1.21. The van der Waals surface area contributed by atoms with E-state index in [-0.39, 0.29) is 12.5 Å². The van der Waals surface area contributed by atoms with E-state index in [9.17, 15) is 18.4 Å². The van der Waals surface area contributed by atoms with E-state index in [2.05, 4.69) is 10.6 Å². The Morgan fingerprint density at radius 2 is 1.95 bits per heavy atom. The fourth-order valence-electron chi connectivity index (χ4n) is 1.96. The molecular weight excluding hydrogens is 268 g/mol. The maximum atomic E-state index is 13.4. The SMILES string of the molecule is O=C(NCC(=O)N1CCNCC1)c1cccc(F)c1F. The van der Waals surface area contributed by atoms with Crippen LogP contribution in [0, 0.1) is 11.6 Å². The van der Waals surface area contributed by atoms with Gasteiger partial charge in [-0.1, -0.05) is 6.07 Å². The van der Waals surface area contributed by atoms with E-state index in [0.29, 0.717) is 26.2 Å². The van der Waals surface area contributed by atoms with Crippen molar-refractivity contribution in [1.82, 2.24) is 15.5 Å². The van der Waals surface area contributed by atoms with Gasteiger partial charge in [0.25, 0.3) is 5.91 Å². The first-order valence-electron chi connectivity index (χ1n) is 6.30.